The van der Waals surface area contributed by atoms with Crippen molar-refractivity contribution < 1.29 is 4.79 Å². The predicted molar refractivity (Wildman–Crippen MR) is 61.4 cm³/mol. The molecule has 0 bridgehead atoms. The molecule has 0 atom stereocenters. The molecule has 0 aliphatic carbocycles. The monoisotopic (exact) mass is 201 g/mol. The van der Waals surface area contributed by atoms with E-state index >= 15 is 0 Å². The Kier molecular flexibility index (Phi) is 2.35. The highest BCUT2D eigenvalue weighted by Gasteiger charge is 2.18. The van der Waals surface area contributed by atoms with Gasteiger partial charge in [0.25, 0.3) is 0 Å². The smallest absolute Gasteiger partial charge is 0.228 e. The van der Waals surface area contributed by atoms with Crippen molar-refractivity contribution in [1.82, 2.24) is 5.32 Å². The first kappa shape index (κ1) is 9.97. The first-order valence-electron chi connectivity index (χ1n) is 5.20. The molecule has 1 aliphatic heterocycles. The van der Waals surface area contributed by atoms with Gasteiger partial charge in [-0.15, -0.1) is 0 Å². The third-order valence-corrected chi connectivity index (χ3v) is 2.77. The van der Waals surface area contributed by atoms with Crippen molar-refractivity contribution >= 4 is 11.6 Å². The molecule has 78 valence electrons. The quantitative estimate of drug-likeness (QED) is 0.743. The number of nitrogens with one attached hydrogen (secondary N) is 1. The maximum atomic E-state index is 11.3. The zero-order valence-electron chi connectivity index (χ0n) is 9.13. The Balaban J connectivity index is 2.48. The van der Waals surface area contributed by atoms with Crippen LogP contribution in [0.2, 0.25) is 0 Å². The second-order valence-electron chi connectivity index (χ2n) is 4.27. The molecule has 1 aromatic rings. The van der Waals surface area contributed by atoms with E-state index in [-0.39, 0.29) is 5.91 Å². The Bertz CT molecular complexity index is 432. The van der Waals surface area contributed by atoms with E-state index in [4.69, 9.17) is 0 Å². The molecule has 1 heterocycles. The number of carbonyl (C=O) groups is 1. The van der Waals surface area contributed by atoms with E-state index < -0.39 is 0 Å². The molecular weight excluding hydrogens is 186 g/mol. The number of hydrogen-bond donors (Lipinski definition) is 1. The summed E-state index contributed by atoms with van der Waals surface area (Å²) < 4.78 is 0. The number of fused-ring (bicyclic) bond motifs is 1. The van der Waals surface area contributed by atoms with Crippen molar-refractivity contribution in [3.63, 3.8) is 0 Å². The highest BCUT2D eigenvalue weighted by atomic mass is 16.1. The van der Waals surface area contributed by atoms with Gasteiger partial charge in [-0.05, 0) is 23.1 Å². The molecule has 0 saturated carbocycles. The lowest BCUT2D eigenvalue weighted by Crippen LogP contribution is -2.28. The van der Waals surface area contributed by atoms with Gasteiger partial charge in [0, 0.05) is 11.3 Å². The summed E-state index contributed by atoms with van der Waals surface area (Å²) in [7, 11) is 0. The molecule has 0 aromatic heterocycles. The molecule has 1 aliphatic rings. The molecular formula is C13H15NO. The highest BCUT2D eigenvalue weighted by Crippen LogP contribution is 2.25. The average molecular weight is 201 g/mol. The van der Waals surface area contributed by atoms with Gasteiger partial charge in [0.15, 0.2) is 0 Å². The summed E-state index contributed by atoms with van der Waals surface area (Å²) in [5, 5.41) is 2.77. The van der Waals surface area contributed by atoms with Gasteiger partial charge in [-0.25, -0.2) is 0 Å². The minimum Gasteiger partial charge on any atom is -0.326 e. The van der Waals surface area contributed by atoms with Crippen molar-refractivity contribution in [2.75, 3.05) is 0 Å². The van der Waals surface area contributed by atoms with E-state index in [9.17, 15) is 4.79 Å². The Hall–Kier alpha value is -1.57. The van der Waals surface area contributed by atoms with Crippen LogP contribution in [0, 0.1) is 0 Å². The molecule has 1 aromatic carbocycles. The van der Waals surface area contributed by atoms with Crippen LogP contribution in [0.4, 0.5) is 0 Å². The van der Waals surface area contributed by atoms with E-state index in [1.807, 2.05) is 6.07 Å². The molecule has 1 amide bonds. The van der Waals surface area contributed by atoms with E-state index in [1.54, 1.807) is 0 Å². The first-order chi connectivity index (χ1) is 7.08. The summed E-state index contributed by atoms with van der Waals surface area (Å²) in [6.07, 6.45) is 0.465. The van der Waals surface area contributed by atoms with Crippen LogP contribution in [-0.4, -0.2) is 5.91 Å². The van der Waals surface area contributed by atoms with Crippen molar-refractivity contribution in [2.45, 2.75) is 26.2 Å². The summed E-state index contributed by atoms with van der Waals surface area (Å²) in [5.41, 5.74) is 4.17. The Morgan fingerprint density at radius 3 is 2.80 bits per heavy atom. The maximum absolute atomic E-state index is 11.3. The molecule has 0 fully saturated rings. The van der Waals surface area contributed by atoms with Crippen LogP contribution < -0.4 is 5.32 Å². The largest absolute Gasteiger partial charge is 0.326 e. The van der Waals surface area contributed by atoms with Crippen molar-refractivity contribution in [1.29, 1.82) is 0 Å². The minimum atomic E-state index is 0.0322. The van der Waals surface area contributed by atoms with E-state index in [2.05, 4.69) is 37.9 Å². The van der Waals surface area contributed by atoms with Gasteiger partial charge < -0.3 is 5.32 Å². The van der Waals surface area contributed by atoms with Gasteiger partial charge in [0.2, 0.25) is 5.91 Å². The standard InChI is InChI=1S/C13H15NO/c1-8(2)10-4-5-11-7-13(15)14-9(3)12(11)6-10/h4-6,8H,3,7H2,1-2H3,(H,14,15). The van der Waals surface area contributed by atoms with Gasteiger partial charge in [-0.3, -0.25) is 4.79 Å². The third kappa shape index (κ3) is 1.80. The lowest BCUT2D eigenvalue weighted by atomic mass is 9.92. The van der Waals surface area contributed by atoms with Crippen LogP contribution >= 0.6 is 0 Å². The molecule has 1 N–H and O–H groups in total. The molecule has 2 nitrogen and oxygen atoms in total. The van der Waals surface area contributed by atoms with Gasteiger partial charge >= 0.3 is 0 Å². The van der Waals surface area contributed by atoms with Crippen LogP contribution in [0.25, 0.3) is 5.70 Å². The van der Waals surface area contributed by atoms with Crippen LogP contribution in [0.5, 0.6) is 0 Å². The zero-order chi connectivity index (χ0) is 11.0. The Morgan fingerprint density at radius 1 is 1.40 bits per heavy atom. The van der Waals surface area contributed by atoms with Crippen LogP contribution in [0.1, 0.15) is 36.5 Å². The Labute approximate surface area is 90.0 Å². The SMILES string of the molecule is C=C1NC(=O)Cc2ccc(C(C)C)cc21. The maximum Gasteiger partial charge on any atom is 0.228 e. The molecule has 0 saturated heterocycles. The van der Waals surface area contributed by atoms with Gasteiger partial charge in [-0.2, -0.15) is 0 Å². The number of amides is 1. The number of benzene rings is 1. The lowest BCUT2D eigenvalue weighted by Gasteiger charge is -2.20. The molecule has 2 heteroatoms. The summed E-state index contributed by atoms with van der Waals surface area (Å²) >= 11 is 0. The van der Waals surface area contributed by atoms with E-state index in [0.717, 1.165) is 16.8 Å². The summed E-state index contributed by atoms with van der Waals surface area (Å²) in [4.78, 5) is 11.3. The molecule has 0 spiro atoms. The summed E-state index contributed by atoms with van der Waals surface area (Å²) in [6, 6.07) is 6.26. The van der Waals surface area contributed by atoms with Crippen LogP contribution in [0.3, 0.4) is 0 Å². The molecule has 2 rings (SSSR count). The van der Waals surface area contributed by atoms with Crippen molar-refractivity contribution in [3.8, 4) is 0 Å². The van der Waals surface area contributed by atoms with E-state index in [0.29, 0.717) is 12.3 Å². The zero-order valence-corrected chi connectivity index (χ0v) is 9.13. The summed E-state index contributed by atoms with van der Waals surface area (Å²) in [6.45, 7) is 8.19. The third-order valence-electron chi connectivity index (χ3n) is 2.77. The fourth-order valence-corrected chi connectivity index (χ4v) is 1.84. The highest BCUT2D eigenvalue weighted by molar-refractivity contribution is 5.92. The fourth-order valence-electron chi connectivity index (χ4n) is 1.84. The predicted octanol–water partition coefficient (Wildman–Crippen LogP) is 2.45. The second-order valence-corrected chi connectivity index (χ2v) is 4.27. The Morgan fingerprint density at radius 2 is 2.13 bits per heavy atom. The van der Waals surface area contributed by atoms with Crippen molar-refractivity contribution in [2.24, 2.45) is 0 Å². The number of carbonyl (C=O) groups excluding carboxylic acids is 1. The topological polar surface area (TPSA) is 29.1 Å². The van der Waals surface area contributed by atoms with Crippen molar-refractivity contribution in [3.05, 3.63) is 41.5 Å². The van der Waals surface area contributed by atoms with Crippen LogP contribution in [-0.2, 0) is 11.2 Å². The lowest BCUT2D eigenvalue weighted by molar-refractivity contribution is -0.119. The minimum absolute atomic E-state index is 0.0322. The average Bonchev–Trinajstić information content (AvgIpc) is 2.16. The van der Waals surface area contributed by atoms with Crippen LogP contribution in [0.15, 0.2) is 24.8 Å². The van der Waals surface area contributed by atoms with Gasteiger partial charge in [0.1, 0.15) is 0 Å². The number of hydrogen-bond acceptors (Lipinski definition) is 1. The number of rotatable bonds is 1. The summed E-state index contributed by atoms with van der Waals surface area (Å²) in [5.74, 6) is 0.533. The normalized spacial score (nSPS) is 15.1. The van der Waals surface area contributed by atoms with Gasteiger partial charge in [0.05, 0.1) is 6.42 Å². The molecule has 15 heavy (non-hydrogen) atoms. The van der Waals surface area contributed by atoms with Gasteiger partial charge in [-0.1, -0.05) is 32.6 Å². The first-order valence-corrected chi connectivity index (χ1v) is 5.20. The fraction of sp³-hybridized carbons (Fsp3) is 0.308. The second kappa shape index (κ2) is 3.54. The molecule has 0 unspecified atom stereocenters. The molecule has 0 radical (unpaired) electrons. The van der Waals surface area contributed by atoms with E-state index in [1.165, 1.54) is 5.56 Å².